The number of nitrogens with zero attached hydrogens (tertiary/aromatic N) is 3. The van der Waals surface area contributed by atoms with Crippen LogP contribution >= 0.6 is 23.2 Å². The van der Waals surface area contributed by atoms with E-state index in [0.717, 1.165) is 36.4 Å². The maximum Gasteiger partial charge on any atom is 0.106 e. The van der Waals surface area contributed by atoms with E-state index in [4.69, 9.17) is 28.3 Å². The summed E-state index contributed by atoms with van der Waals surface area (Å²) in [6, 6.07) is 11.1. The van der Waals surface area contributed by atoms with Crippen molar-refractivity contribution in [2.75, 3.05) is 24.6 Å². The second-order valence-corrected chi connectivity index (χ2v) is 6.27. The monoisotopic (exact) mass is 365 g/mol. The number of aryl methyl sites for hydroxylation is 1. The van der Waals surface area contributed by atoms with Crippen LogP contribution in [0.1, 0.15) is 18.9 Å². The molecule has 0 aliphatic rings. The van der Waals surface area contributed by atoms with E-state index in [1.54, 1.807) is 18.2 Å². The molecule has 0 bridgehead atoms. The second kappa shape index (κ2) is 9.02. The summed E-state index contributed by atoms with van der Waals surface area (Å²) < 4.78 is 0. The molecular weight excluding hydrogens is 345 g/mol. The zero-order chi connectivity index (χ0) is 17.5. The van der Waals surface area contributed by atoms with Crippen LogP contribution in [0.25, 0.3) is 0 Å². The minimum atomic E-state index is 0.197. The molecule has 2 rings (SSSR count). The lowest BCUT2D eigenvalue weighted by Crippen LogP contribution is -2.24. The van der Waals surface area contributed by atoms with Gasteiger partial charge in [0.05, 0.1) is 10.7 Å². The zero-order valence-corrected chi connectivity index (χ0v) is 15.3. The van der Waals surface area contributed by atoms with E-state index < -0.39 is 0 Å². The molecule has 2 aromatic rings. The van der Waals surface area contributed by atoms with Crippen molar-refractivity contribution in [2.24, 2.45) is 10.2 Å². The molecule has 0 saturated carbocycles. The molecule has 2 aromatic carbocycles. The van der Waals surface area contributed by atoms with Crippen LogP contribution in [0.2, 0.25) is 10.0 Å². The lowest BCUT2D eigenvalue weighted by molar-refractivity contribution is 0.289. The zero-order valence-electron chi connectivity index (χ0n) is 13.8. The van der Waals surface area contributed by atoms with E-state index in [9.17, 15) is 0 Å². The molecule has 0 unspecified atom stereocenters. The summed E-state index contributed by atoms with van der Waals surface area (Å²) in [7, 11) is 0. The van der Waals surface area contributed by atoms with Crippen LogP contribution in [-0.4, -0.2) is 24.8 Å². The largest absolute Gasteiger partial charge is 0.396 e. The van der Waals surface area contributed by atoms with E-state index in [1.807, 2.05) is 19.1 Å². The fraction of sp³-hybridized carbons (Fsp3) is 0.333. The lowest BCUT2D eigenvalue weighted by atomic mass is 10.1. The third kappa shape index (κ3) is 4.94. The highest BCUT2D eigenvalue weighted by Gasteiger charge is 2.07. The molecule has 0 saturated heterocycles. The summed E-state index contributed by atoms with van der Waals surface area (Å²) in [6.07, 6.45) is 0.752. The standard InChI is InChI=1S/C18H21Cl2N3O/c1-3-23(9-4-10-24)15-6-8-17(13(2)11-15)21-22-18-12-14(19)5-7-16(18)20/h5-8,11-12,24H,3-4,9-10H2,1-2H3. The number of hydrogen-bond acceptors (Lipinski definition) is 4. The van der Waals surface area contributed by atoms with Gasteiger partial charge in [0, 0.05) is 30.4 Å². The average Bonchev–Trinajstić information content (AvgIpc) is 2.57. The van der Waals surface area contributed by atoms with Gasteiger partial charge in [-0.15, -0.1) is 5.11 Å². The highest BCUT2D eigenvalue weighted by atomic mass is 35.5. The quantitative estimate of drug-likeness (QED) is 0.618. The second-order valence-electron chi connectivity index (χ2n) is 5.42. The molecule has 0 aliphatic heterocycles. The third-order valence-electron chi connectivity index (χ3n) is 3.69. The van der Waals surface area contributed by atoms with E-state index in [0.29, 0.717) is 15.7 Å². The van der Waals surface area contributed by atoms with E-state index in [-0.39, 0.29) is 6.61 Å². The summed E-state index contributed by atoms with van der Waals surface area (Å²) in [5.41, 5.74) is 3.47. The lowest BCUT2D eigenvalue weighted by Gasteiger charge is -2.23. The van der Waals surface area contributed by atoms with Crippen molar-refractivity contribution in [1.29, 1.82) is 0 Å². The Hall–Kier alpha value is -1.62. The van der Waals surface area contributed by atoms with Crippen molar-refractivity contribution < 1.29 is 5.11 Å². The number of aliphatic hydroxyl groups excluding tert-OH is 1. The first-order chi connectivity index (χ1) is 11.5. The topological polar surface area (TPSA) is 48.2 Å². The van der Waals surface area contributed by atoms with Crippen LogP contribution in [0.4, 0.5) is 17.1 Å². The third-order valence-corrected chi connectivity index (χ3v) is 4.24. The minimum Gasteiger partial charge on any atom is -0.396 e. The van der Waals surface area contributed by atoms with Gasteiger partial charge in [0.1, 0.15) is 5.69 Å². The fourth-order valence-electron chi connectivity index (χ4n) is 2.35. The predicted octanol–water partition coefficient (Wildman–Crippen LogP) is 5.93. The summed E-state index contributed by atoms with van der Waals surface area (Å²) in [5.74, 6) is 0. The maximum atomic E-state index is 9.00. The minimum absolute atomic E-state index is 0.197. The van der Waals surface area contributed by atoms with Gasteiger partial charge >= 0.3 is 0 Å². The molecule has 24 heavy (non-hydrogen) atoms. The predicted molar refractivity (Wildman–Crippen MR) is 101 cm³/mol. The highest BCUT2D eigenvalue weighted by molar-refractivity contribution is 6.35. The molecule has 6 heteroatoms. The molecule has 0 fully saturated rings. The van der Waals surface area contributed by atoms with Gasteiger partial charge in [0.2, 0.25) is 0 Å². The molecule has 0 radical (unpaired) electrons. The summed E-state index contributed by atoms with van der Waals surface area (Å²) >= 11 is 12.1. The number of azo groups is 1. The Morgan fingerprint density at radius 3 is 2.46 bits per heavy atom. The molecule has 4 nitrogen and oxygen atoms in total. The normalized spacial score (nSPS) is 11.2. The Bertz CT molecular complexity index is 719. The van der Waals surface area contributed by atoms with Crippen LogP contribution in [0, 0.1) is 6.92 Å². The van der Waals surface area contributed by atoms with Crippen LogP contribution < -0.4 is 4.90 Å². The van der Waals surface area contributed by atoms with Crippen LogP contribution in [0.15, 0.2) is 46.6 Å². The average molecular weight is 366 g/mol. The van der Waals surface area contributed by atoms with Gasteiger partial charge in [-0.25, -0.2) is 0 Å². The van der Waals surface area contributed by atoms with Crippen LogP contribution in [0.5, 0.6) is 0 Å². The molecule has 128 valence electrons. The van der Waals surface area contributed by atoms with Crippen molar-refractivity contribution >= 4 is 40.3 Å². The molecule has 0 heterocycles. The first-order valence-electron chi connectivity index (χ1n) is 7.88. The Balaban J connectivity index is 2.20. The smallest absolute Gasteiger partial charge is 0.106 e. The van der Waals surface area contributed by atoms with Crippen LogP contribution in [-0.2, 0) is 0 Å². The molecular formula is C18H21Cl2N3O. The first kappa shape index (κ1) is 18.7. The van der Waals surface area contributed by atoms with Crippen molar-refractivity contribution in [3.63, 3.8) is 0 Å². The van der Waals surface area contributed by atoms with Gasteiger partial charge in [-0.3, -0.25) is 0 Å². The van der Waals surface area contributed by atoms with Gasteiger partial charge in [-0.05, 0) is 62.2 Å². The summed E-state index contributed by atoms with van der Waals surface area (Å²) in [5, 5.41) is 18.6. The molecule has 0 aromatic heterocycles. The highest BCUT2D eigenvalue weighted by Crippen LogP contribution is 2.31. The van der Waals surface area contributed by atoms with Gasteiger partial charge in [-0.1, -0.05) is 23.2 Å². The van der Waals surface area contributed by atoms with Crippen LogP contribution in [0.3, 0.4) is 0 Å². The van der Waals surface area contributed by atoms with E-state index >= 15 is 0 Å². The Kier molecular flexibility index (Phi) is 7.03. The SMILES string of the molecule is CCN(CCCO)c1ccc(N=Nc2cc(Cl)ccc2Cl)c(C)c1. The number of benzene rings is 2. The number of aliphatic hydroxyl groups is 1. The first-order valence-corrected chi connectivity index (χ1v) is 8.64. The fourth-order valence-corrected chi connectivity index (χ4v) is 2.67. The Morgan fingerprint density at radius 1 is 1.04 bits per heavy atom. The molecule has 0 spiro atoms. The molecule has 0 aliphatic carbocycles. The summed E-state index contributed by atoms with van der Waals surface area (Å²) in [6.45, 7) is 6.00. The number of rotatable bonds is 7. The van der Waals surface area contributed by atoms with Gasteiger partial charge in [0.15, 0.2) is 0 Å². The van der Waals surface area contributed by atoms with E-state index in [1.165, 1.54) is 0 Å². The van der Waals surface area contributed by atoms with Gasteiger partial charge < -0.3 is 10.0 Å². The molecule has 0 atom stereocenters. The van der Waals surface area contributed by atoms with Crippen molar-refractivity contribution in [1.82, 2.24) is 0 Å². The van der Waals surface area contributed by atoms with E-state index in [2.05, 4.69) is 28.1 Å². The summed E-state index contributed by atoms with van der Waals surface area (Å²) in [4.78, 5) is 2.22. The maximum absolute atomic E-state index is 9.00. The van der Waals surface area contributed by atoms with Gasteiger partial charge in [-0.2, -0.15) is 5.11 Å². The Labute approximate surface area is 152 Å². The van der Waals surface area contributed by atoms with Gasteiger partial charge in [0.25, 0.3) is 0 Å². The molecule has 0 amide bonds. The van der Waals surface area contributed by atoms with Crippen molar-refractivity contribution in [3.05, 3.63) is 52.0 Å². The molecule has 1 N–H and O–H groups in total. The number of hydrogen-bond donors (Lipinski definition) is 1. The number of anilines is 1. The van der Waals surface area contributed by atoms with Crippen molar-refractivity contribution in [3.8, 4) is 0 Å². The number of halogens is 2. The van der Waals surface area contributed by atoms with Crippen molar-refractivity contribution in [2.45, 2.75) is 20.3 Å². The Morgan fingerprint density at radius 2 is 1.79 bits per heavy atom.